The van der Waals surface area contributed by atoms with Crippen molar-refractivity contribution in [3.05, 3.63) is 16.6 Å². The van der Waals surface area contributed by atoms with Crippen molar-refractivity contribution >= 4 is 17.2 Å². The summed E-state index contributed by atoms with van der Waals surface area (Å²) in [5.74, 6) is 0.130. The van der Waals surface area contributed by atoms with Crippen LogP contribution in [0.5, 0.6) is 0 Å². The van der Waals surface area contributed by atoms with E-state index in [2.05, 4.69) is 9.72 Å². The van der Waals surface area contributed by atoms with Gasteiger partial charge in [0.1, 0.15) is 0 Å². The first-order valence-corrected chi connectivity index (χ1v) is 3.25. The third-order valence-electron chi connectivity index (χ3n) is 0.831. The Hall–Kier alpha value is -0.900. The molecular formula is C5H6N2OS. The minimum absolute atomic E-state index is 0.130. The molecule has 0 aliphatic carbocycles. The van der Waals surface area contributed by atoms with Crippen LogP contribution in [0, 0.1) is 5.41 Å². The molecule has 0 fully saturated rings. The standard InChI is InChI=1S/C5H6N2OS/c1-8-4(6)5-7-2-3-9-5/h2-3,6H,1H3. The van der Waals surface area contributed by atoms with Gasteiger partial charge >= 0.3 is 0 Å². The molecule has 48 valence electrons. The summed E-state index contributed by atoms with van der Waals surface area (Å²) in [6.07, 6.45) is 1.65. The molecule has 1 aromatic heterocycles. The molecule has 9 heavy (non-hydrogen) atoms. The van der Waals surface area contributed by atoms with E-state index in [1.165, 1.54) is 18.4 Å². The quantitative estimate of drug-likeness (QED) is 0.471. The molecule has 0 spiro atoms. The predicted molar refractivity (Wildman–Crippen MR) is 36.0 cm³/mol. The molecule has 0 saturated heterocycles. The van der Waals surface area contributed by atoms with E-state index in [1.807, 2.05) is 5.38 Å². The molecule has 3 nitrogen and oxygen atoms in total. The van der Waals surface area contributed by atoms with Gasteiger partial charge < -0.3 is 4.74 Å². The number of nitrogens with zero attached hydrogens (tertiary/aromatic N) is 1. The predicted octanol–water partition coefficient (Wildman–Crippen LogP) is 1.11. The number of hydrogen-bond acceptors (Lipinski definition) is 4. The van der Waals surface area contributed by atoms with Crippen molar-refractivity contribution in [1.82, 2.24) is 4.98 Å². The van der Waals surface area contributed by atoms with Gasteiger partial charge in [0.15, 0.2) is 5.01 Å². The lowest BCUT2D eigenvalue weighted by atomic mass is 10.7. The number of thiazole rings is 1. The number of hydrogen-bond donors (Lipinski definition) is 1. The fourth-order valence-electron chi connectivity index (χ4n) is 0.423. The van der Waals surface area contributed by atoms with Gasteiger partial charge in [-0.1, -0.05) is 0 Å². The van der Waals surface area contributed by atoms with E-state index in [4.69, 9.17) is 5.41 Å². The zero-order valence-electron chi connectivity index (χ0n) is 4.92. The zero-order valence-corrected chi connectivity index (χ0v) is 5.73. The smallest absolute Gasteiger partial charge is 0.242 e. The highest BCUT2D eigenvalue weighted by molar-refractivity contribution is 7.11. The monoisotopic (exact) mass is 142 g/mol. The second-order valence-corrected chi connectivity index (χ2v) is 2.27. The highest BCUT2D eigenvalue weighted by Crippen LogP contribution is 2.03. The summed E-state index contributed by atoms with van der Waals surface area (Å²) in [7, 11) is 1.46. The topological polar surface area (TPSA) is 46.0 Å². The van der Waals surface area contributed by atoms with Gasteiger partial charge in [-0.2, -0.15) is 0 Å². The molecule has 0 aromatic carbocycles. The minimum Gasteiger partial charge on any atom is -0.479 e. The number of methoxy groups -OCH3 is 1. The molecule has 1 N–H and O–H groups in total. The van der Waals surface area contributed by atoms with E-state index in [0.717, 1.165) is 0 Å². The molecule has 0 aliphatic heterocycles. The van der Waals surface area contributed by atoms with Crippen LogP contribution in [-0.2, 0) is 4.74 Å². The lowest BCUT2D eigenvalue weighted by molar-refractivity contribution is 0.401. The molecule has 0 saturated carbocycles. The zero-order chi connectivity index (χ0) is 6.69. The first kappa shape index (κ1) is 6.22. The number of rotatable bonds is 1. The Kier molecular flexibility index (Phi) is 1.79. The van der Waals surface area contributed by atoms with Crippen molar-refractivity contribution in [2.45, 2.75) is 0 Å². The normalized spacial score (nSPS) is 9.00. The Morgan fingerprint density at radius 2 is 2.67 bits per heavy atom. The molecule has 0 atom stereocenters. The van der Waals surface area contributed by atoms with E-state index >= 15 is 0 Å². The summed E-state index contributed by atoms with van der Waals surface area (Å²) in [5, 5.41) is 9.55. The Labute approximate surface area is 56.8 Å². The summed E-state index contributed by atoms with van der Waals surface area (Å²) in [6.45, 7) is 0. The summed E-state index contributed by atoms with van der Waals surface area (Å²) in [6, 6.07) is 0. The Morgan fingerprint density at radius 1 is 1.89 bits per heavy atom. The van der Waals surface area contributed by atoms with Crippen LogP contribution in [-0.4, -0.2) is 18.0 Å². The Balaban J connectivity index is 2.77. The van der Waals surface area contributed by atoms with Crippen molar-refractivity contribution in [2.75, 3.05) is 7.11 Å². The van der Waals surface area contributed by atoms with Crippen LogP contribution < -0.4 is 0 Å². The lowest BCUT2D eigenvalue weighted by Crippen LogP contribution is -1.99. The van der Waals surface area contributed by atoms with Crippen molar-refractivity contribution in [2.24, 2.45) is 0 Å². The Bertz CT molecular complexity index is 195. The van der Waals surface area contributed by atoms with Crippen LogP contribution in [0.3, 0.4) is 0 Å². The maximum atomic E-state index is 7.12. The van der Waals surface area contributed by atoms with Crippen molar-refractivity contribution in [1.29, 1.82) is 5.41 Å². The van der Waals surface area contributed by atoms with Gasteiger partial charge in [-0.15, -0.1) is 11.3 Å². The Morgan fingerprint density at radius 3 is 3.11 bits per heavy atom. The molecule has 0 amide bonds. The highest BCUT2D eigenvalue weighted by atomic mass is 32.1. The molecule has 1 rings (SSSR count). The van der Waals surface area contributed by atoms with Crippen LogP contribution >= 0.6 is 11.3 Å². The second-order valence-electron chi connectivity index (χ2n) is 1.37. The van der Waals surface area contributed by atoms with E-state index < -0.39 is 0 Å². The minimum atomic E-state index is 0.130. The van der Waals surface area contributed by atoms with Gasteiger partial charge in [0.2, 0.25) is 5.90 Å². The maximum Gasteiger partial charge on any atom is 0.242 e. The fraction of sp³-hybridized carbons (Fsp3) is 0.200. The number of ether oxygens (including phenoxy) is 1. The van der Waals surface area contributed by atoms with Crippen LogP contribution in [0.4, 0.5) is 0 Å². The van der Waals surface area contributed by atoms with Gasteiger partial charge in [0.25, 0.3) is 0 Å². The van der Waals surface area contributed by atoms with E-state index in [-0.39, 0.29) is 5.90 Å². The molecule has 1 aromatic rings. The average molecular weight is 142 g/mol. The van der Waals surface area contributed by atoms with Crippen molar-refractivity contribution in [3.8, 4) is 0 Å². The van der Waals surface area contributed by atoms with Crippen LogP contribution in [0.15, 0.2) is 11.6 Å². The third-order valence-corrected chi connectivity index (χ3v) is 1.60. The van der Waals surface area contributed by atoms with Gasteiger partial charge in [0, 0.05) is 11.6 Å². The maximum absolute atomic E-state index is 7.12. The number of aromatic nitrogens is 1. The molecule has 0 bridgehead atoms. The van der Waals surface area contributed by atoms with Gasteiger partial charge in [0.05, 0.1) is 7.11 Å². The summed E-state index contributed by atoms with van der Waals surface area (Å²) < 4.78 is 4.63. The summed E-state index contributed by atoms with van der Waals surface area (Å²) in [4.78, 5) is 3.86. The third kappa shape index (κ3) is 1.26. The van der Waals surface area contributed by atoms with Gasteiger partial charge in [-0.25, -0.2) is 4.98 Å². The van der Waals surface area contributed by atoms with Crippen LogP contribution in [0.1, 0.15) is 5.01 Å². The van der Waals surface area contributed by atoms with Crippen molar-refractivity contribution < 1.29 is 4.74 Å². The SMILES string of the molecule is COC(=N)c1nccs1. The first-order chi connectivity index (χ1) is 4.34. The average Bonchev–Trinajstić information content (AvgIpc) is 2.37. The first-order valence-electron chi connectivity index (χ1n) is 2.37. The van der Waals surface area contributed by atoms with Crippen LogP contribution in [0.2, 0.25) is 0 Å². The molecule has 0 radical (unpaired) electrons. The van der Waals surface area contributed by atoms with Crippen LogP contribution in [0.25, 0.3) is 0 Å². The largest absolute Gasteiger partial charge is 0.479 e. The van der Waals surface area contributed by atoms with Gasteiger partial charge in [-0.05, 0) is 0 Å². The molecule has 0 aliphatic rings. The molecule has 0 unspecified atom stereocenters. The van der Waals surface area contributed by atoms with E-state index in [0.29, 0.717) is 5.01 Å². The lowest BCUT2D eigenvalue weighted by Gasteiger charge is -1.93. The van der Waals surface area contributed by atoms with Gasteiger partial charge in [-0.3, -0.25) is 5.41 Å². The molecule has 4 heteroatoms. The molecular weight excluding hydrogens is 136 g/mol. The van der Waals surface area contributed by atoms with E-state index in [1.54, 1.807) is 6.20 Å². The number of nitrogens with one attached hydrogen (secondary N) is 1. The highest BCUT2D eigenvalue weighted by Gasteiger charge is 2.00. The summed E-state index contributed by atoms with van der Waals surface area (Å²) >= 11 is 1.39. The van der Waals surface area contributed by atoms with Crippen molar-refractivity contribution in [3.63, 3.8) is 0 Å². The molecule has 1 heterocycles. The van der Waals surface area contributed by atoms with E-state index in [9.17, 15) is 0 Å². The second kappa shape index (κ2) is 2.59. The fourth-order valence-corrected chi connectivity index (χ4v) is 0.986. The summed E-state index contributed by atoms with van der Waals surface area (Å²) in [5.41, 5.74) is 0.